The van der Waals surface area contributed by atoms with Gasteiger partial charge in [0.15, 0.2) is 5.78 Å². The zero-order valence-corrected chi connectivity index (χ0v) is 14.2. The zero-order chi connectivity index (χ0) is 15.5. The van der Waals surface area contributed by atoms with Gasteiger partial charge in [0.1, 0.15) is 0 Å². The first-order valence-corrected chi connectivity index (χ1v) is 7.74. The third-order valence-corrected chi connectivity index (χ3v) is 4.50. The summed E-state index contributed by atoms with van der Waals surface area (Å²) in [5, 5.41) is 0. The molecule has 21 heavy (non-hydrogen) atoms. The second-order valence-electron chi connectivity index (χ2n) is 5.67. The minimum absolute atomic E-state index is 0.149. The first kappa shape index (κ1) is 15.9. The van der Waals surface area contributed by atoms with Crippen LogP contribution in [-0.4, -0.2) is 30.3 Å². The van der Waals surface area contributed by atoms with E-state index in [1.807, 2.05) is 68.4 Å². The van der Waals surface area contributed by atoms with E-state index in [9.17, 15) is 4.79 Å². The van der Waals surface area contributed by atoms with E-state index in [4.69, 9.17) is 0 Å². The van der Waals surface area contributed by atoms with Crippen molar-refractivity contribution < 1.29 is 4.79 Å². The maximum Gasteiger partial charge on any atom is 0.183 e. The molecule has 0 saturated heterocycles. The minimum atomic E-state index is -0.560. The summed E-state index contributed by atoms with van der Waals surface area (Å²) in [7, 11) is 3.92. The van der Waals surface area contributed by atoms with Crippen LogP contribution in [0.2, 0.25) is 0 Å². The SMILES string of the molecule is CN(C)C(C)(Cc1ccc(Br)cc1)C(=O)c1ccccc1. The fourth-order valence-corrected chi connectivity index (χ4v) is 2.61. The Balaban J connectivity index is 2.32. The lowest BCUT2D eigenvalue weighted by Gasteiger charge is -2.35. The molecule has 0 bridgehead atoms. The van der Waals surface area contributed by atoms with Crippen molar-refractivity contribution in [3.05, 3.63) is 70.2 Å². The molecule has 0 radical (unpaired) electrons. The summed E-state index contributed by atoms with van der Waals surface area (Å²) in [5.74, 6) is 0.149. The molecule has 2 aromatic rings. The molecule has 0 aromatic heterocycles. The van der Waals surface area contributed by atoms with Crippen molar-refractivity contribution in [2.24, 2.45) is 0 Å². The van der Waals surface area contributed by atoms with E-state index in [-0.39, 0.29) is 5.78 Å². The summed E-state index contributed by atoms with van der Waals surface area (Å²) in [4.78, 5) is 14.9. The van der Waals surface area contributed by atoms with E-state index in [1.54, 1.807) is 0 Å². The lowest BCUT2D eigenvalue weighted by atomic mass is 9.84. The molecule has 1 unspecified atom stereocenters. The molecule has 0 saturated carbocycles. The number of carbonyl (C=O) groups excluding carboxylic acids is 1. The number of ketones is 1. The fourth-order valence-electron chi connectivity index (χ4n) is 2.34. The van der Waals surface area contributed by atoms with E-state index in [2.05, 4.69) is 28.1 Å². The van der Waals surface area contributed by atoms with Crippen molar-refractivity contribution in [1.29, 1.82) is 0 Å². The smallest absolute Gasteiger partial charge is 0.183 e. The average molecular weight is 346 g/mol. The Hall–Kier alpha value is -1.45. The van der Waals surface area contributed by atoms with Crippen LogP contribution < -0.4 is 0 Å². The molecule has 0 spiro atoms. The second-order valence-corrected chi connectivity index (χ2v) is 6.58. The third kappa shape index (κ3) is 3.60. The van der Waals surface area contributed by atoms with Gasteiger partial charge in [-0.3, -0.25) is 9.69 Å². The van der Waals surface area contributed by atoms with Crippen LogP contribution in [0, 0.1) is 0 Å². The largest absolute Gasteiger partial charge is 0.297 e. The number of Topliss-reactive ketones (excluding diaryl/α,β-unsaturated/α-hetero) is 1. The number of rotatable bonds is 5. The molecule has 2 aromatic carbocycles. The van der Waals surface area contributed by atoms with Gasteiger partial charge in [-0.25, -0.2) is 0 Å². The van der Waals surface area contributed by atoms with E-state index < -0.39 is 5.54 Å². The van der Waals surface area contributed by atoms with Crippen molar-refractivity contribution in [3.63, 3.8) is 0 Å². The van der Waals surface area contributed by atoms with Crippen LogP contribution in [0.5, 0.6) is 0 Å². The van der Waals surface area contributed by atoms with Crippen LogP contribution in [0.25, 0.3) is 0 Å². The Morgan fingerprint density at radius 3 is 2.14 bits per heavy atom. The Kier molecular flexibility index (Phi) is 4.96. The number of likely N-dealkylation sites (N-methyl/N-ethyl adjacent to an activating group) is 1. The van der Waals surface area contributed by atoms with Crippen LogP contribution in [0.4, 0.5) is 0 Å². The Labute approximate surface area is 134 Å². The first-order valence-electron chi connectivity index (χ1n) is 6.95. The van der Waals surface area contributed by atoms with Crippen LogP contribution >= 0.6 is 15.9 Å². The van der Waals surface area contributed by atoms with Crippen LogP contribution in [-0.2, 0) is 6.42 Å². The third-order valence-electron chi connectivity index (χ3n) is 3.97. The molecule has 1 atom stereocenters. The molecule has 0 heterocycles. The summed E-state index contributed by atoms with van der Waals surface area (Å²) in [5.41, 5.74) is 1.35. The monoisotopic (exact) mass is 345 g/mol. The number of hydrogen-bond acceptors (Lipinski definition) is 2. The van der Waals surface area contributed by atoms with Gasteiger partial charge in [0.25, 0.3) is 0 Å². The molecule has 0 N–H and O–H groups in total. The molecular formula is C18H20BrNO. The van der Waals surface area contributed by atoms with E-state index in [0.29, 0.717) is 6.42 Å². The number of hydrogen-bond donors (Lipinski definition) is 0. The number of benzene rings is 2. The van der Waals surface area contributed by atoms with Gasteiger partial charge >= 0.3 is 0 Å². The van der Waals surface area contributed by atoms with E-state index in [0.717, 1.165) is 15.6 Å². The van der Waals surface area contributed by atoms with Gasteiger partial charge in [-0.05, 0) is 45.1 Å². The quantitative estimate of drug-likeness (QED) is 0.757. The van der Waals surface area contributed by atoms with Crippen molar-refractivity contribution in [1.82, 2.24) is 4.90 Å². The number of nitrogens with zero attached hydrogens (tertiary/aromatic N) is 1. The molecule has 0 aliphatic carbocycles. The highest BCUT2D eigenvalue weighted by atomic mass is 79.9. The fraction of sp³-hybridized carbons (Fsp3) is 0.278. The lowest BCUT2D eigenvalue weighted by molar-refractivity contribution is 0.0719. The van der Waals surface area contributed by atoms with Crippen molar-refractivity contribution in [2.75, 3.05) is 14.1 Å². The summed E-state index contributed by atoms with van der Waals surface area (Å²) < 4.78 is 1.05. The maximum atomic E-state index is 12.9. The Morgan fingerprint density at radius 2 is 1.62 bits per heavy atom. The Bertz CT molecular complexity index is 607. The van der Waals surface area contributed by atoms with Crippen LogP contribution in [0.3, 0.4) is 0 Å². The van der Waals surface area contributed by atoms with Crippen molar-refractivity contribution in [2.45, 2.75) is 18.9 Å². The van der Waals surface area contributed by atoms with E-state index in [1.165, 1.54) is 0 Å². The summed E-state index contributed by atoms with van der Waals surface area (Å²) in [6.45, 7) is 2.00. The molecule has 0 aliphatic heterocycles. The van der Waals surface area contributed by atoms with E-state index >= 15 is 0 Å². The molecule has 0 amide bonds. The summed E-state index contributed by atoms with van der Waals surface area (Å²) >= 11 is 3.44. The van der Waals surface area contributed by atoms with Gasteiger partial charge < -0.3 is 0 Å². The van der Waals surface area contributed by atoms with Crippen LogP contribution in [0.15, 0.2) is 59.1 Å². The molecule has 0 aliphatic rings. The second kappa shape index (κ2) is 6.54. The number of carbonyl (C=O) groups is 1. The summed E-state index contributed by atoms with van der Waals surface area (Å²) in [6.07, 6.45) is 0.682. The topological polar surface area (TPSA) is 20.3 Å². The highest BCUT2D eigenvalue weighted by Gasteiger charge is 2.36. The number of halogens is 1. The molecule has 0 fully saturated rings. The minimum Gasteiger partial charge on any atom is -0.297 e. The van der Waals surface area contributed by atoms with Crippen molar-refractivity contribution >= 4 is 21.7 Å². The van der Waals surface area contributed by atoms with Crippen molar-refractivity contribution in [3.8, 4) is 0 Å². The molecule has 110 valence electrons. The lowest BCUT2D eigenvalue weighted by Crippen LogP contribution is -2.50. The molecule has 2 rings (SSSR count). The molecular weight excluding hydrogens is 326 g/mol. The van der Waals surface area contributed by atoms with Gasteiger partial charge in [-0.2, -0.15) is 0 Å². The Morgan fingerprint density at radius 1 is 1.05 bits per heavy atom. The standard InChI is InChI=1S/C18H20BrNO/c1-18(20(2)3,13-14-9-11-16(19)12-10-14)17(21)15-7-5-4-6-8-15/h4-12H,13H2,1-3H3. The first-order chi connectivity index (χ1) is 9.93. The van der Waals surface area contributed by atoms with Gasteiger partial charge in [0, 0.05) is 10.0 Å². The molecule has 2 nitrogen and oxygen atoms in total. The zero-order valence-electron chi connectivity index (χ0n) is 12.6. The maximum absolute atomic E-state index is 12.9. The van der Waals surface area contributed by atoms with Crippen LogP contribution in [0.1, 0.15) is 22.8 Å². The van der Waals surface area contributed by atoms with Gasteiger partial charge in [0.05, 0.1) is 5.54 Å². The predicted molar refractivity (Wildman–Crippen MR) is 90.7 cm³/mol. The highest BCUT2D eigenvalue weighted by molar-refractivity contribution is 9.10. The summed E-state index contributed by atoms with van der Waals surface area (Å²) in [6, 6.07) is 17.6. The highest BCUT2D eigenvalue weighted by Crippen LogP contribution is 2.24. The molecule has 3 heteroatoms. The van der Waals surface area contributed by atoms with Gasteiger partial charge in [0.2, 0.25) is 0 Å². The predicted octanol–water partition coefficient (Wildman–Crippen LogP) is 4.19. The average Bonchev–Trinajstić information content (AvgIpc) is 2.49. The normalized spacial score (nSPS) is 14.0. The van der Waals surface area contributed by atoms with Gasteiger partial charge in [-0.1, -0.05) is 58.4 Å². The van der Waals surface area contributed by atoms with Gasteiger partial charge in [-0.15, -0.1) is 0 Å².